The lowest BCUT2D eigenvalue weighted by Gasteiger charge is -2.33. The molecule has 6 nitrogen and oxygen atoms in total. The van der Waals surface area contributed by atoms with Crippen LogP contribution in [0.5, 0.6) is 0 Å². The number of rotatable bonds is 3. The van der Waals surface area contributed by atoms with E-state index in [2.05, 4.69) is 10.0 Å². The Balaban J connectivity index is 2.25. The summed E-state index contributed by atoms with van der Waals surface area (Å²) in [5.74, 6) is -0.412. The van der Waals surface area contributed by atoms with Gasteiger partial charge in [-0.3, -0.25) is 9.69 Å². The highest BCUT2D eigenvalue weighted by Crippen LogP contribution is 2.42. The van der Waals surface area contributed by atoms with E-state index in [9.17, 15) is 9.90 Å². The Labute approximate surface area is 131 Å². The van der Waals surface area contributed by atoms with Crippen molar-refractivity contribution in [2.45, 2.75) is 5.72 Å². The first-order chi connectivity index (χ1) is 10.6. The highest BCUT2D eigenvalue weighted by molar-refractivity contribution is 6.30. The molecule has 1 aliphatic heterocycles. The van der Waals surface area contributed by atoms with Crippen LogP contribution in [0.15, 0.2) is 53.6 Å². The minimum atomic E-state index is -1.72. The van der Waals surface area contributed by atoms with Crippen LogP contribution in [0.1, 0.15) is 21.5 Å². The minimum Gasteiger partial charge on any atom is -0.363 e. The van der Waals surface area contributed by atoms with Crippen molar-refractivity contribution in [3.05, 3.63) is 80.7 Å². The number of azide groups is 1. The Kier molecular flexibility index (Phi) is 3.50. The molecular weight excluding hydrogens is 304 g/mol. The summed E-state index contributed by atoms with van der Waals surface area (Å²) in [6, 6.07) is 13.4. The lowest BCUT2D eigenvalue weighted by molar-refractivity contribution is -0.0486. The van der Waals surface area contributed by atoms with Crippen LogP contribution in [0.4, 0.5) is 0 Å². The Morgan fingerprint density at radius 1 is 1.27 bits per heavy atom. The number of benzene rings is 2. The normalized spacial score (nSPS) is 19.7. The molecule has 0 bridgehead atoms. The molecule has 1 unspecified atom stereocenters. The van der Waals surface area contributed by atoms with Crippen LogP contribution in [-0.2, 0) is 5.72 Å². The molecule has 0 saturated carbocycles. The molecular formula is C15H11ClN4O2. The SMILES string of the molecule is [N-]=[N+]=NCN1C(=O)c2ccc(Cl)cc2C1(O)c1ccccc1. The quantitative estimate of drug-likeness (QED) is 0.535. The van der Waals surface area contributed by atoms with Crippen molar-refractivity contribution < 1.29 is 9.90 Å². The van der Waals surface area contributed by atoms with Gasteiger partial charge in [-0.05, 0) is 23.7 Å². The van der Waals surface area contributed by atoms with Gasteiger partial charge >= 0.3 is 0 Å². The minimum absolute atomic E-state index is 0.285. The molecule has 7 heteroatoms. The first kappa shape index (κ1) is 14.4. The van der Waals surface area contributed by atoms with Gasteiger partial charge < -0.3 is 5.11 Å². The molecule has 22 heavy (non-hydrogen) atoms. The van der Waals surface area contributed by atoms with Crippen molar-refractivity contribution in [1.82, 2.24) is 4.90 Å². The monoisotopic (exact) mass is 314 g/mol. The molecule has 0 aliphatic carbocycles. The fourth-order valence-corrected chi connectivity index (χ4v) is 2.84. The molecule has 110 valence electrons. The Hall–Kier alpha value is -2.53. The van der Waals surface area contributed by atoms with Gasteiger partial charge in [0.1, 0.15) is 6.67 Å². The second kappa shape index (κ2) is 5.35. The maximum Gasteiger partial charge on any atom is 0.257 e. The van der Waals surface area contributed by atoms with Gasteiger partial charge in [-0.1, -0.05) is 47.0 Å². The predicted octanol–water partition coefficient (Wildman–Crippen LogP) is 3.26. The van der Waals surface area contributed by atoms with Crippen LogP contribution in [0.25, 0.3) is 10.4 Å². The summed E-state index contributed by atoms with van der Waals surface area (Å²) in [7, 11) is 0. The van der Waals surface area contributed by atoms with Crippen molar-refractivity contribution in [2.75, 3.05) is 6.67 Å². The van der Waals surface area contributed by atoms with Crippen molar-refractivity contribution in [1.29, 1.82) is 0 Å². The second-order valence-corrected chi connectivity index (χ2v) is 5.27. The standard InChI is InChI=1S/C15H11ClN4O2/c16-11-6-7-12-13(8-11)15(22,10-4-2-1-3-5-10)20(14(12)21)9-18-19-17/h1-8,22H,9H2. The number of carbonyl (C=O) groups excluding carboxylic acids is 1. The number of fused-ring (bicyclic) bond motifs is 1. The van der Waals surface area contributed by atoms with Crippen LogP contribution in [0, 0.1) is 0 Å². The maximum atomic E-state index is 12.5. The number of nitrogens with zero attached hydrogens (tertiary/aromatic N) is 4. The summed E-state index contributed by atoms with van der Waals surface area (Å²) in [4.78, 5) is 16.3. The molecule has 1 aliphatic rings. The number of halogens is 1. The molecule has 1 N–H and O–H groups in total. The molecule has 1 atom stereocenters. The van der Waals surface area contributed by atoms with Crippen molar-refractivity contribution in [3.8, 4) is 0 Å². The zero-order valence-corrected chi connectivity index (χ0v) is 12.1. The van der Waals surface area contributed by atoms with E-state index in [1.807, 2.05) is 0 Å². The zero-order valence-electron chi connectivity index (χ0n) is 11.3. The fourth-order valence-electron chi connectivity index (χ4n) is 2.67. The summed E-state index contributed by atoms with van der Waals surface area (Å²) in [6.45, 7) is -0.285. The first-order valence-electron chi connectivity index (χ1n) is 6.50. The number of amides is 1. The topological polar surface area (TPSA) is 89.3 Å². The summed E-state index contributed by atoms with van der Waals surface area (Å²) >= 11 is 6.02. The van der Waals surface area contributed by atoms with Crippen molar-refractivity contribution in [3.63, 3.8) is 0 Å². The van der Waals surface area contributed by atoms with Crippen LogP contribution in [-0.4, -0.2) is 22.6 Å². The van der Waals surface area contributed by atoms with Gasteiger partial charge in [-0.2, -0.15) is 0 Å². The van der Waals surface area contributed by atoms with E-state index in [1.54, 1.807) is 48.5 Å². The van der Waals surface area contributed by atoms with E-state index in [-0.39, 0.29) is 6.67 Å². The first-order valence-corrected chi connectivity index (χ1v) is 6.87. The van der Waals surface area contributed by atoms with Gasteiger partial charge in [0.2, 0.25) is 0 Å². The Morgan fingerprint density at radius 3 is 2.68 bits per heavy atom. The molecule has 2 aromatic rings. The van der Waals surface area contributed by atoms with Gasteiger partial charge in [0, 0.05) is 26.6 Å². The molecule has 0 aromatic heterocycles. The highest BCUT2D eigenvalue weighted by atomic mass is 35.5. The molecule has 3 rings (SSSR count). The largest absolute Gasteiger partial charge is 0.363 e. The van der Waals surface area contributed by atoms with E-state index in [4.69, 9.17) is 17.1 Å². The molecule has 0 fully saturated rings. The van der Waals surface area contributed by atoms with Crippen molar-refractivity contribution in [2.24, 2.45) is 5.11 Å². The van der Waals surface area contributed by atoms with Crippen LogP contribution >= 0.6 is 11.6 Å². The smallest absolute Gasteiger partial charge is 0.257 e. The van der Waals surface area contributed by atoms with Gasteiger partial charge in [0.25, 0.3) is 5.91 Å². The van der Waals surface area contributed by atoms with Crippen LogP contribution < -0.4 is 0 Å². The Bertz CT molecular complexity index is 789. The third-order valence-corrected chi connectivity index (χ3v) is 3.90. The average molecular weight is 315 g/mol. The summed E-state index contributed by atoms with van der Waals surface area (Å²) in [5.41, 5.74) is 8.03. The van der Waals surface area contributed by atoms with Crippen molar-refractivity contribution >= 4 is 17.5 Å². The number of aliphatic hydroxyl groups is 1. The zero-order chi connectivity index (χ0) is 15.7. The molecule has 1 amide bonds. The average Bonchev–Trinajstić information content (AvgIpc) is 2.75. The predicted molar refractivity (Wildman–Crippen MR) is 81.1 cm³/mol. The molecule has 2 aromatic carbocycles. The molecule has 0 spiro atoms. The van der Waals surface area contributed by atoms with Crippen LogP contribution in [0.3, 0.4) is 0 Å². The number of hydrogen-bond donors (Lipinski definition) is 1. The van der Waals surface area contributed by atoms with E-state index >= 15 is 0 Å². The van der Waals surface area contributed by atoms with E-state index in [1.165, 1.54) is 0 Å². The summed E-state index contributed by atoms with van der Waals surface area (Å²) in [5, 5.41) is 15.1. The van der Waals surface area contributed by atoms with Gasteiger partial charge in [-0.15, -0.1) is 0 Å². The lowest BCUT2D eigenvalue weighted by atomic mass is 9.94. The second-order valence-electron chi connectivity index (χ2n) is 4.83. The van der Waals surface area contributed by atoms with E-state index < -0.39 is 11.6 Å². The lowest BCUT2D eigenvalue weighted by Crippen LogP contribution is -2.44. The van der Waals surface area contributed by atoms with E-state index in [0.717, 1.165) is 4.90 Å². The van der Waals surface area contributed by atoms with Gasteiger partial charge in [0.05, 0.1) is 0 Å². The number of hydrogen-bond acceptors (Lipinski definition) is 3. The third kappa shape index (κ3) is 2.02. The number of carbonyl (C=O) groups is 1. The van der Waals surface area contributed by atoms with Gasteiger partial charge in [-0.25, -0.2) is 0 Å². The van der Waals surface area contributed by atoms with Gasteiger partial charge in [0.15, 0.2) is 5.72 Å². The third-order valence-electron chi connectivity index (χ3n) is 3.67. The summed E-state index contributed by atoms with van der Waals surface area (Å²) in [6.07, 6.45) is 0. The maximum absolute atomic E-state index is 12.5. The molecule has 0 radical (unpaired) electrons. The highest BCUT2D eigenvalue weighted by Gasteiger charge is 2.49. The molecule has 1 heterocycles. The fraction of sp³-hybridized carbons (Fsp3) is 0.133. The molecule has 0 saturated heterocycles. The summed E-state index contributed by atoms with van der Waals surface area (Å²) < 4.78 is 0. The van der Waals surface area contributed by atoms with E-state index in [0.29, 0.717) is 21.7 Å². The van der Waals surface area contributed by atoms with Crippen LogP contribution in [0.2, 0.25) is 5.02 Å². The Morgan fingerprint density at radius 2 is 2.00 bits per heavy atom.